The van der Waals surface area contributed by atoms with E-state index in [4.69, 9.17) is 0 Å². The smallest absolute Gasteiger partial charge is 0.223 e. The zero-order valence-electron chi connectivity index (χ0n) is 12.5. The Bertz CT molecular complexity index is 439. The molecule has 2 unspecified atom stereocenters. The SMILES string of the molecule is Cc1ccc(CCC(=O)N2CCCC2CC(C)O)cc1. The molecule has 110 valence electrons. The average molecular weight is 275 g/mol. The lowest BCUT2D eigenvalue weighted by atomic mass is 10.1. The van der Waals surface area contributed by atoms with E-state index in [2.05, 4.69) is 31.2 Å². The molecular weight excluding hydrogens is 250 g/mol. The lowest BCUT2D eigenvalue weighted by molar-refractivity contribution is -0.132. The molecule has 1 aromatic rings. The van der Waals surface area contributed by atoms with Gasteiger partial charge >= 0.3 is 0 Å². The third kappa shape index (κ3) is 4.07. The van der Waals surface area contributed by atoms with Crippen molar-refractivity contribution in [2.24, 2.45) is 0 Å². The molecule has 3 nitrogen and oxygen atoms in total. The Morgan fingerprint density at radius 2 is 2.10 bits per heavy atom. The fourth-order valence-electron chi connectivity index (χ4n) is 2.95. The third-order valence-corrected chi connectivity index (χ3v) is 4.06. The number of likely N-dealkylation sites (tertiary alicyclic amines) is 1. The van der Waals surface area contributed by atoms with Gasteiger partial charge in [0.25, 0.3) is 0 Å². The fourth-order valence-corrected chi connectivity index (χ4v) is 2.95. The highest BCUT2D eigenvalue weighted by Gasteiger charge is 2.28. The summed E-state index contributed by atoms with van der Waals surface area (Å²) in [4.78, 5) is 14.3. The van der Waals surface area contributed by atoms with Crippen molar-refractivity contribution in [3.63, 3.8) is 0 Å². The van der Waals surface area contributed by atoms with Crippen molar-refractivity contribution in [3.05, 3.63) is 35.4 Å². The highest BCUT2D eigenvalue weighted by atomic mass is 16.3. The van der Waals surface area contributed by atoms with Gasteiger partial charge in [-0.05, 0) is 45.1 Å². The lowest BCUT2D eigenvalue weighted by Crippen LogP contribution is -2.37. The molecule has 1 aliphatic heterocycles. The standard InChI is InChI=1S/C17H25NO2/c1-13-5-7-15(8-6-13)9-10-17(20)18-11-3-4-16(18)12-14(2)19/h5-8,14,16,19H,3-4,9-12H2,1-2H3. The summed E-state index contributed by atoms with van der Waals surface area (Å²) in [5, 5.41) is 9.51. The monoisotopic (exact) mass is 275 g/mol. The molecule has 0 saturated carbocycles. The van der Waals surface area contributed by atoms with Gasteiger partial charge in [0, 0.05) is 19.0 Å². The van der Waals surface area contributed by atoms with E-state index in [1.807, 2.05) is 4.90 Å². The van der Waals surface area contributed by atoms with Gasteiger partial charge < -0.3 is 10.0 Å². The summed E-state index contributed by atoms with van der Waals surface area (Å²) >= 11 is 0. The van der Waals surface area contributed by atoms with Crippen molar-refractivity contribution >= 4 is 5.91 Å². The lowest BCUT2D eigenvalue weighted by Gasteiger charge is -2.25. The quantitative estimate of drug-likeness (QED) is 0.897. The van der Waals surface area contributed by atoms with E-state index < -0.39 is 0 Å². The number of rotatable bonds is 5. The third-order valence-electron chi connectivity index (χ3n) is 4.06. The summed E-state index contributed by atoms with van der Waals surface area (Å²) in [5.41, 5.74) is 2.46. The molecule has 1 aliphatic rings. The van der Waals surface area contributed by atoms with Crippen LogP contribution in [-0.4, -0.2) is 34.6 Å². The summed E-state index contributed by atoms with van der Waals surface area (Å²) in [7, 11) is 0. The van der Waals surface area contributed by atoms with Crippen LogP contribution in [0, 0.1) is 6.92 Å². The Morgan fingerprint density at radius 3 is 2.75 bits per heavy atom. The maximum Gasteiger partial charge on any atom is 0.223 e. The molecular formula is C17H25NO2. The first-order valence-electron chi connectivity index (χ1n) is 7.59. The second kappa shape index (κ2) is 6.89. The molecule has 20 heavy (non-hydrogen) atoms. The number of carbonyl (C=O) groups excluding carboxylic acids is 1. The van der Waals surface area contributed by atoms with E-state index in [0.29, 0.717) is 12.8 Å². The van der Waals surface area contributed by atoms with Gasteiger partial charge in [-0.2, -0.15) is 0 Å². The zero-order valence-corrected chi connectivity index (χ0v) is 12.5. The van der Waals surface area contributed by atoms with Crippen LogP contribution in [0.1, 0.15) is 43.7 Å². The van der Waals surface area contributed by atoms with Crippen molar-refractivity contribution in [2.45, 2.75) is 58.1 Å². The van der Waals surface area contributed by atoms with Gasteiger partial charge in [-0.1, -0.05) is 29.8 Å². The van der Waals surface area contributed by atoms with E-state index >= 15 is 0 Å². The van der Waals surface area contributed by atoms with Gasteiger partial charge in [-0.25, -0.2) is 0 Å². The van der Waals surface area contributed by atoms with Crippen LogP contribution < -0.4 is 0 Å². The summed E-state index contributed by atoms with van der Waals surface area (Å²) in [6.45, 7) is 4.72. The first-order valence-corrected chi connectivity index (χ1v) is 7.59. The van der Waals surface area contributed by atoms with Gasteiger partial charge in [-0.3, -0.25) is 4.79 Å². The van der Waals surface area contributed by atoms with Crippen LogP contribution in [0.2, 0.25) is 0 Å². The van der Waals surface area contributed by atoms with Crippen LogP contribution in [0.15, 0.2) is 24.3 Å². The Hall–Kier alpha value is -1.35. The number of aryl methyl sites for hydroxylation is 2. The molecule has 1 heterocycles. The van der Waals surface area contributed by atoms with Gasteiger partial charge in [0.1, 0.15) is 0 Å². The number of nitrogens with zero attached hydrogens (tertiary/aromatic N) is 1. The Balaban J connectivity index is 1.86. The van der Waals surface area contributed by atoms with Crippen LogP contribution in [0.25, 0.3) is 0 Å². The molecule has 1 fully saturated rings. The number of aliphatic hydroxyl groups is 1. The molecule has 2 rings (SSSR count). The second-order valence-electron chi connectivity index (χ2n) is 5.95. The predicted molar refractivity (Wildman–Crippen MR) is 80.5 cm³/mol. The first kappa shape index (κ1) is 15.0. The normalized spacial score (nSPS) is 20.1. The summed E-state index contributed by atoms with van der Waals surface area (Å²) in [6, 6.07) is 8.61. The van der Waals surface area contributed by atoms with Gasteiger partial charge in [0.2, 0.25) is 5.91 Å². The average Bonchev–Trinajstić information content (AvgIpc) is 2.85. The maximum absolute atomic E-state index is 12.3. The van der Waals surface area contributed by atoms with Crippen LogP contribution in [0.5, 0.6) is 0 Å². The van der Waals surface area contributed by atoms with E-state index in [1.165, 1.54) is 11.1 Å². The number of hydrogen-bond acceptors (Lipinski definition) is 2. The minimum Gasteiger partial charge on any atom is -0.393 e. The Kier molecular flexibility index (Phi) is 5.18. The van der Waals surface area contributed by atoms with E-state index in [0.717, 1.165) is 25.8 Å². The zero-order chi connectivity index (χ0) is 14.5. The topological polar surface area (TPSA) is 40.5 Å². The van der Waals surface area contributed by atoms with Crippen molar-refractivity contribution in [2.75, 3.05) is 6.54 Å². The molecule has 0 aliphatic carbocycles. The van der Waals surface area contributed by atoms with Crippen LogP contribution in [-0.2, 0) is 11.2 Å². The minimum atomic E-state index is -0.328. The maximum atomic E-state index is 12.3. The number of carbonyl (C=O) groups is 1. The largest absolute Gasteiger partial charge is 0.393 e. The summed E-state index contributed by atoms with van der Waals surface area (Å²) in [5.74, 6) is 0.230. The molecule has 2 atom stereocenters. The molecule has 1 aromatic carbocycles. The van der Waals surface area contributed by atoms with Crippen molar-refractivity contribution < 1.29 is 9.90 Å². The summed E-state index contributed by atoms with van der Waals surface area (Å²) < 4.78 is 0. The molecule has 0 spiro atoms. The van der Waals surface area contributed by atoms with Crippen LogP contribution in [0.4, 0.5) is 0 Å². The second-order valence-corrected chi connectivity index (χ2v) is 5.95. The van der Waals surface area contributed by atoms with Gasteiger partial charge in [0.05, 0.1) is 6.10 Å². The van der Waals surface area contributed by atoms with E-state index in [9.17, 15) is 9.90 Å². The van der Waals surface area contributed by atoms with Crippen molar-refractivity contribution in [3.8, 4) is 0 Å². The highest BCUT2D eigenvalue weighted by Crippen LogP contribution is 2.22. The number of aliphatic hydroxyl groups excluding tert-OH is 1. The van der Waals surface area contributed by atoms with Crippen molar-refractivity contribution in [1.29, 1.82) is 0 Å². The van der Waals surface area contributed by atoms with E-state index in [1.54, 1.807) is 6.92 Å². The Morgan fingerprint density at radius 1 is 1.40 bits per heavy atom. The van der Waals surface area contributed by atoms with Crippen molar-refractivity contribution in [1.82, 2.24) is 4.90 Å². The van der Waals surface area contributed by atoms with E-state index in [-0.39, 0.29) is 18.1 Å². The minimum absolute atomic E-state index is 0.230. The highest BCUT2D eigenvalue weighted by molar-refractivity contribution is 5.77. The molecule has 0 bridgehead atoms. The molecule has 3 heteroatoms. The van der Waals surface area contributed by atoms with Crippen LogP contribution >= 0.6 is 0 Å². The van der Waals surface area contributed by atoms with Gasteiger partial charge in [-0.15, -0.1) is 0 Å². The number of hydrogen-bond donors (Lipinski definition) is 1. The number of benzene rings is 1. The Labute approximate surface area is 121 Å². The number of amides is 1. The van der Waals surface area contributed by atoms with Crippen LogP contribution in [0.3, 0.4) is 0 Å². The summed E-state index contributed by atoms with van der Waals surface area (Å²) in [6.07, 6.45) is 3.84. The predicted octanol–water partition coefficient (Wildman–Crippen LogP) is 2.69. The van der Waals surface area contributed by atoms with Gasteiger partial charge in [0.15, 0.2) is 0 Å². The molecule has 1 amide bonds. The molecule has 1 N–H and O–H groups in total. The fraction of sp³-hybridized carbons (Fsp3) is 0.588. The molecule has 1 saturated heterocycles. The molecule has 0 aromatic heterocycles. The first-order chi connectivity index (χ1) is 9.56. The molecule has 0 radical (unpaired) electrons.